The van der Waals surface area contributed by atoms with Gasteiger partial charge in [-0.1, -0.05) is 54.2 Å². The Morgan fingerprint density at radius 3 is 2.54 bits per heavy atom. The summed E-state index contributed by atoms with van der Waals surface area (Å²) in [6.45, 7) is 2.50. The zero-order chi connectivity index (χ0) is 18.4. The molecule has 26 heavy (non-hydrogen) atoms. The molecule has 5 nitrogen and oxygen atoms in total. The first-order valence-corrected chi connectivity index (χ1v) is 9.86. The highest BCUT2D eigenvalue weighted by Crippen LogP contribution is 2.21. The third-order valence-corrected chi connectivity index (χ3v) is 5.04. The minimum Gasteiger partial charge on any atom is -0.358 e. The highest BCUT2D eigenvalue weighted by atomic mass is 35.5. The van der Waals surface area contributed by atoms with Crippen molar-refractivity contribution in [2.24, 2.45) is 0 Å². The van der Waals surface area contributed by atoms with Crippen LogP contribution in [0.2, 0.25) is 10.2 Å². The van der Waals surface area contributed by atoms with Crippen molar-refractivity contribution in [2.45, 2.75) is 32.2 Å². The molecule has 0 amide bonds. The number of aromatic nitrogens is 2. The normalized spacial score (nSPS) is 14.6. The van der Waals surface area contributed by atoms with Crippen LogP contribution < -0.4 is 15.5 Å². The number of hydrogen-bond acceptors (Lipinski definition) is 4. The van der Waals surface area contributed by atoms with Gasteiger partial charge < -0.3 is 15.5 Å². The number of thiocarbonyl (C=S) groups is 1. The zero-order valence-electron chi connectivity index (χ0n) is 14.3. The highest BCUT2D eigenvalue weighted by Gasteiger charge is 2.14. The first kappa shape index (κ1) is 19.1. The van der Waals surface area contributed by atoms with Crippen LogP contribution >= 0.6 is 35.4 Å². The predicted molar refractivity (Wildman–Crippen MR) is 112 cm³/mol. The van der Waals surface area contributed by atoms with E-state index in [-0.39, 0.29) is 0 Å². The fourth-order valence-electron chi connectivity index (χ4n) is 2.89. The second-order valence-corrected chi connectivity index (χ2v) is 7.38. The number of benzene rings is 1. The number of nitrogens with one attached hydrogen (secondary N) is 2. The number of anilines is 2. The third kappa shape index (κ3) is 5.43. The maximum Gasteiger partial charge on any atom is 0.232 e. The van der Waals surface area contributed by atoms with Crippen molar-refractivity contribution in [2.75, 3.05) is 23.3 Å². The first-order valence-electron chi connectivity index (χ1n) is 8.69. The minimum absolute atomic E-state index is 0.397. The topological polar surface area (TPSA) is 53.1 Å². The van der Waals surface area contributed by atoms with E-state index in [0.717, 1.165) is 24.5 Å². The molecular formula is C18H21Cl2N5S. The van der Waals surface area contributed by atoms with E-state index in [9.17, 15) is 0 Å². The van der Waals surface area contributed by atoms with Crippen molar-refractivity contribution >= 4 is 52.3 Å². The predicted octanol–water partition coefficient (Wildman–Crippen LogP) is 4.65. The molecule has 2 N–H and O–H groups in total. The fraction of sp³-hybridized carbons (Fsp3) is 0.389. The summed E-state index contributed by atoms with van der Waals surface area (Å²) < 4.78 is 0. The summed E-state index contributed by atoms with van der Waals surface area (Å²) in [5.41, 5.74) is 0.968. The molecule has 1 aliphatic rings. The lowest BCUT2D eigenvalue weighted by Gasteiger charge is -2.22. The van der Waals surface area contributed by atoms with Gasteiger partial charge in [0.15, 0.2) is 5.11 Å². The van der Waals surface area contributed by atoms with Crippen LogP contribution in [0.3, 0.4) is 0 Å². The van der Waals surface area contributed by atoms with Crippen LogP contribution in [0.5, 0.6) is 0 Å². The summed E-state index contributed by atoms with van der Waals surface area (Å²) in [5, 5.41) is 7.65. The summed E-state index contributed by atoms with van der Waals surface area (Å²) in [6, 6.07) is 9.44. The van der Waals surface area contributed by atoms with E-state index in [4.69, 9.17) is 35.4 Å². The Morgan fingerprint density at radius 2 is 1.81 bits per heavy atom. The van der Waals surface area contributed by atoms with Gasteiger partial charge in [0.05, 0.1) is 0 Å². The van der Waals surface area contributed by atoms with Gasteiger partial charge in [-0.15, -0.1) is 0 Å². The quantitative estimate of drug-likeness (QED) is 0.565. The summed E-state index contributed by atoms with van der Waals surface area (Å²) in [7, 11) is 0. The minimum atomic E-state index is 0.397. The van der Waals surface area contributed by atoms with Crippen LogP contribution in [0.15, 0.2) is 30.3 Å². The second kappa shape index (κ2) is 9.35. The monoisotopic (exact) mass is 409 g/mol. The van der Waals surface area contributed by atoms with Gasteiger partial charge in [0, 0.05) is 30.7 Å². The van der Waals surface area contributed by atoms with Gasteiger partial charge in [0.2, 0.25) is 5.95 Å². The molecule has 0 unspecified atom stereocenters. The van der Waals surface area contributed by atoms with E-state index in [1.807, 2.05) is 24.3 Å². The summed E-state index contributed by atoms with van der Waals surface area (Å²) in [5.74, 6) is 1.23. The molecule has 0 atom stereocenters. The molecule has 0 spiro atoms. The van der Waals surface area contributed by atoms with Gasteiger partial charge in [0.1, 0.15) is 11.0 Å². The Balaban J connectivity index is 1.63. The van der Waals surface area contributed by atoms with Crippen molar-refractivity contribution in [3.63, 3.8) is 0 Å². The lowest BCUT2D eigenvalue weighted by atomic mass is 10.2. The molecule has 3 rings (SSSR count). The molecule has 138 valence electrons. The van der Waals surface area contributed by atoms with Crippen LogP contribution in [0.1, 0.15) is 31.2 Å². The van der Waals surface area contributed by atoms with E-state index in [1.165, 1.54) is 25.7 Å². The molecule has 0 saturated carbocycles. The number of nitrogens with zero attached hydrogens (tertiary/aromatic N) is 3. The molecule has 0 bridgehead atoms. The molecule has 1 saturated heterocycles. The van der Waals surface area contributed by atoms with E-state index in [1.54, 1.807) is 6.07 Å². The van der Waals surface area contributed by atoms with Crippen LogP contribution in [0, 0.1) is 0 Å². The molecule has 2 aromatic rings. The summed E-state index contributed by atoms with van der Waals surface area (Å²) in [4.78, 5) is 11.1. The standard InChI is InChI=1S/C18H21Cl2N5S/c19-14-8-4-3-7-13(14)12-21-18(26)24-17-22-15(20)11-16(23-17)25-9-5-1-2-6-10-25/h3-4,7-8,11H,1-2,5-6,9-10,12H2,(H2,21,22,23,24,26). The van der Waals surface area contributed by atoms with Crippen LogP contribution in [0.4, 0.5) is 11.8 Å². The van der Waals surface area contributed by atoms with Crippen molar-refractivity contribution < 1.29 is 0 Å². The van der Waals surface area contributed by atoms with E-state index in [0.29, 0.717) is 27.8 Å². The van der Waals surface area contributed by atoms with Gasteiger partial charge >= 0.3 is 0 Å². The molecule has 1 aromatic carbocycles. The number of hydrogen-bond donors (Lipinski definition) is 2. The van der Waals surface area contributed by atoms with Gasteiger partial charge in [-0.3, -0.25) is 0 Å². The average molecular weight is 410 g/mol. The molecule has 8 heteroatoms. The van der Waals surface area contributed by atoms with E-state index < -0.39 is 0 Å². The zero-order valence-corrected chi connectivity index (χ0v) is 16.7. The van der Waals surface area contributed by atoms with Crippen LogP contribution in [-0.2, 0) is 6.54 Å². The molecule has 1 aromatic heterocycles. The molecule has 2 heterocycles. The number of halogens is 2. The smallest absolute Gasteiger partial charge is 0.232 e. The van der Waals surface area contributed by atoms with E-state index >= 15 is 0 Å². The Bertz CT molecular complexity index is 763. The molecule has 1 fully saturated rings. The molecule has 0 radical (unpaired) electrons. The SMILES string of the molecule is S=C(NCc1ccccc1Cl)Nc1nc(Cl)cc(N2CCCCCC2)n1. The van der Waals surface area contributed by atoms with Gasteiger partial charge in [-0.05, 0) is 36.7 Å². The third-order valence-electron chi connectivity index (χ3n) is 4.23. The molecular weight excluding hydrogens is 389 g/mol. The fourth-order valence-corrected chi connectivity index (χ4v) is 3.43. The van der Waals surface area contributed by atoms with E-state index in [2.05, 4.69) is 25.5 Å². The van der Waals surface area contributed by atoms with Crippen LogP contribution in [0.25, 0.3) is 0 Å². The second-order valence-electron chi connectivity index (χ2n) is 6.17. The Hall–Kier alpha value is -1.63. The summed E-state index contributed by atoms with van der Waals surface area (Å²) in [6.07, 6.45) is 4.86. The van der Waals surface area contributed by atoms with Crippen molar-refractivity contribution in [1.82, 2.24) is 15.3 Å². The molecule has 0 aliphatic carbocycles. The maximum absolute atomic E-state index is 6.19. The van der Waals surface area contributed by atoms with Gasteiger partial charge in [-0.2, -0.15) is 4.98 Å². The average Bonchev–Trinajstić information content (AvgIpc) is 2.90. The highest BCUT2D eigenvalue weighted by molar-refractivity contribution is 7.80. The lowest BCUT2D eigenvalue weighted by Crippen LogP contribution is -2.30. The largest absolute Gasteiger partial charge is 0.358 e. The van der Waals surface area contributed by atoms with Gasteiger partial charge in [0.25, 0.3) is 0 Å². The Morgan fingerprint density at radius 1 is 1.08 bits per heavy atom. The summed E-state index contributed by atoms with van der Waals surface area (Å²) >= 11 is 17.7. The first-order chi connectivity index (χ1) is 12.6. The lowest BCUT2D eigenvalue weighted by molar-refractivity contribution is 0.726. The van der Waals surface area contributed by atoms with Gasteiger partial charge in [-0.25, -0.2) is 4.98 Å². The molecule has 1 aliphatic heterocycles. The van der Waals surface area contributed by atoms with Crippen molar-refractivity contribution in [3.8, 4) is 0 Å². The number of rotatable bonds is 4. The Labute approximate surface area is 169 Å². The van der Waals surface area contributed by atoms with Crippen molar-refractivity contribution in [1.29, 1.82) is 0 Å². The van der Waals surface area contributed by atoms with Crippen molar-refractivity contribution in [3.05, 3.63) is 46.1 Å². The maximum atomic E-state index is 6.19. The van der Waals surface area contributed by atoms with Crippen LogP contribution in [-0.4, -0.2) is 28.2 Å². The Kier molecular flexibility index (Phi) is 6.88.